The van der Waals surface area contributed by atoms with E-state index in [1.165, 1.54) is 10.6 Å². The summed E-state index contributed by atoms with van der Waals surface area (Å²) in [4.78, 5) is 32.7. The van der Waals surface area contributed by atoms with Crippen LogP contribution < -0.4 is 16.1 Å². The summed E-state index contributed by atoms with van der Waals surface area (Å²) in [5.41, 5.74) is 0.798. The molecule has 2 aromatic heterocycles. The lowest BCUT2D eigenvalue weighted by Crippen LogP contribution is -2.40. The highest BCUT2D eigenvalue weighted by atomic mass is 35.5. The minimum absolute atomic E-state index is 0.143. The van der Waals surface area contributed by atoms with Crippen LogP contribution in [0, 0.1) is 5.82 Å². The van der Waals surface area contributed by atoms with Crippen molar-refractivity contribution in [2.24, 2.45) is 7.05 Å². The molecule has 0 aliphatic carbocycles. The van der Waals surface area contributed by atoms with Crippen LogP contribution in [0.25, 0.3) is 11.2 Å². The highest BCUT2D eigenvalue weighted by Crippen LogP contribution is 2.32. The first-order chi connectivity index (χ1) is 14.5. The van der Waals surface area contributed by atoms with Crippen LogP contribution >= 0.6 is 11.6 Å². The van der Waals surface area contributed by atoms with Crippen LogP contribution in [0.1, 0.15) is 5.56 Å². The largest absolute Gasteiger partial charge is 0.332 e. The standard InChI is InChI=1S/C21H17ClFN5O2/c1-25-18-17(19(29)28(21(25)30)12-13-4-2-3-5-16(13)23)27-11-10-26(20(27)24-18)15-8-6-14(22)7-9-15/h2-9H,10-12H2,1H3. The third-order valence-electron chi connectivity index (χ3n) is 5.43. The van der Waals surface area contributed by atoms with Crippen molar-refractivity contribution in [2.75, 3.05) is 11.4 Å². The van der Waals surface area contributed by atoms with Gasteiger partial charge in [-0.2, -0.15) is 4.98 Å². The third kappa shape index (κ3) is 2.75. The summed E-state index contributed by atoms with van der Waals surface area (Å²) in [7, 11) is 1.57. The fourth-order valence-corrected chi connectivity index (χ4v) is 4.01. The molecule has 0 radical (unpaired) electrons. The number of hydrogen-bond donors (Lipinski definition) is 0. The van der Waals surface area contributed by atoms with Gasteiger partial charge in [0.25, 0.3) is 5.56 Å². The Labute approximate surface area is 175 Å². The summed E-state index contributed by atoms with van der Waals surface area (Å²) in [6.07, 6.45) is 0. The molecule has 0 spiro atoms. The number of benzene rings is 2. The number of rotatable bonds is 3. The molecular weight excluding hydrogens is 409 g/mol. The Morgan fingerprint density at radius 2 is 1.80 bits per heavy atom. The second kappa shape index (κ2) is 6.84. The number of fused-ring (bicyclic) bond motifs is 3. The Morgan fingerprint density at radius 3 is 2.53 bits per heavy atom. The van der Waals surface area contributed by atoms with Crippen molar-refractivity contribution in [1.29, 1.82) is 0 Å². The lowest BCUT2D eigenvalue weighted by Gasteiger charge is -2.15. The number of aromatic nitrogens is 4. The minimum atomic E-state index is -0.537. The molecule has 0 N–H and O–H groups in total. The maximum Gasteiger partial charge on any atom is 0.332 e. The summed E-state index contributed by atoms with van der Waals surface area (Å²) >= 11 is 5.99. The molecule has 0 fully saturated rings. The lowest BCUT2D eigenvalue weighted by molar-refractivity contribution is 0.582. The van der Waals surface area contributed by atoms with Gasteiger partial charge in [-0.05, 0) is 30.3 Å². The molecule has 0 bridgehead atoms. The summed E-state index contributed by atoms with van der Waals surface area (Å²) in [5.74, 6) is 0.127. The molecule has 5 rings (SSSR count). The van der Waals surface area contributed by atoms with E-state index in [-0.39, 0.29) is 12.1 Å². The van der Waals surface area contributed by atoms with Crippen LogP contribution in [0.2, 0.25) is 5.02 Å². The Kier molecular flexibility index (Phi) is 4.25. The third-order valence-corrected chi connectivity index (χ3v) is 5.68. The molecule has 3 heterocycles. The first-order valence-electron chi connectivity index (χ1n) is 9.42. The van der Waals surface area contributed by atoms with Gasteiger partial charge in [0, 0.05) is 36.4 Å². The van der Waals surface area contributed by atoms with Crippen molar-refractivity contribution >= 4 is 34.4 Å². The van der Waals surface area contributed by atoms with Crippen LogP contribution in [-0.4, -0.2) is 25.2 Å². The number of aryl methyl sites for hydroxylation is 1. The van der Waals surface area contributed by atoms with E-state index in [4.69, 9.17) is 11.6 Å². The van der Waals surface area contributed by atoms with Gasteiger partial charge < -0.3 is 9.47 Å². The van der Waals surface area contributed by atoms with Crippen molar-refractivity contribution in [3.63, 3.8) is 0 Å². The van der Waals surface area contributed by atoms with Crippen molar-refractivity contribution in [3.05, 3.63) is 85.8 Å². The Morgan fingerprint density at radius 1 is 1.07 bits per heavy atom. The molecule has 1 aliphatic rings. The fourth-order valence-electron chi connectivity index (χ4n) is 3.88. The first-order valence-corrected chi connectivity index (χ1v) is 9.80. The topological polar surface area (TPSA) is 65.1 Å². The minimum Gasteiger partial charge on any atom is -0.310 e. The van der Waals surface area contributed by atoms with Gasteiger partial charge in [0.15, 0.2) is 11.2 Å². The van der Waals surface area contributed by atoms with Crippen molar-refractivity contribution in [3.8, 4) is 0 Å². The van der Waals surface area contributed by atoms with Crippen molar-refractivity contribution in [2.45, 2.75) is 13.1 Å². The predicted molar refractivity (Wildman–Crippen MR) is 113 cm³/mol. The van der Waals surface area contributed by atoms with Gasteiger partial charge in [0.1, 0.15) is 5.82 Å². The second-order valence-corrected chi connectivity index (χ2v) is 7.62. The number of hydrogen-bond acceptors (Lipinski definition) is 4. The SMILES string of the molecule is Cn1c(=O)n(Cc2ccccc2F)c(=O)c2c1nc1n2CCN1c1ccc(Cl)cc1. The fraction of sp³-hybridized carbons (Fsp3) is 0.190. The Balaban J connectivity index is 1.68. The Hall–Kier alpha value is -3.39. The van der Waals surface area contributed by atoms with Gasteiger partial charge >= 0.3 is 5.69 Å². The molecule has 1 aliphatic heterocycles. The summed E-state index contributed by atoms with van der Waals surface area (Å²) in [6, 6.07) is 13.5. The Bertz CT molecular complexity index is 1400. The van der Waals surface area contributed by atoms with E-state index in [1.54, 1.807) is 37.4 Å². The number of anilines is 2. The lowest BCUT2D eigenvalue weighted by atomic mass is 10.2. The normalized spacial score (nSPS) is 13.2. The molecular formula is C21H17ClFN5O2. The van der Waals surface area contributed by atoms with Crippen molar-refractivity contribution in [1.82, 2.24) is 18.7 Å². The zero-order valence-corrected chi connectivity index (χ0v) is 16.8. The van der Waals surface area contributed by atoms with Gasteiger partial charge in [0.2, 0.25) is 5.95 Å². The first kappa shape index (κ1) is 18.6. The van der Waals surface area contributed by atoms with E-state index < -0.39 is 17.1 Å². The monoisotopic (exact) mass is 425 g/mol. The summed E-state index contributed by atoms with van der Waals surface area (Å²) in [6.45, 7) is 1.03. The molecule has 7 nitrogen and oxygen atoms in total. The van der Waals surface area contributed by atoms with Gasteiger partial charge in [-0.15, -0.1) is 0 Å². The molecule has 152 valence electrons. The molecule has 0 atom stereocenters. The molecule has 0 unspecified atom stereocenters. The number of nitrogens with zero attached hydrogens (tertiary/aromatic N) is 5. The van der Waals surface area contributed by atoms with E-state index in [2.05, 4.69) is 4.98 Å². The molecule has 0 saturated carbocycles. The van der Waals surface area contributed by atoms with E-state index in [9.17, 15) is 14.0 Å². The smallest absolute Gasteiger partial charge is 0.310 e. The predicted octanol–water partition coefficient (Wildman–Crippen LogP) is 2.89. The molecule has 0 amide bonds. The van der Waals surface area contributed by atoms with Crippen LogP contribution in [0.4, 0.5) is 16.0 Å². The van der Waals surface area contributed by atoms with E-state index in [0.717, 1.165) is 10.3 Å². The molecule has 2 aromatic carbocycles. The average Bonchev–Trinajstić information content (AvgIpc) is 3.31. The van der Waals surface area contributed by atoms with Crippen LogP contribution in [0.3, 0.4) is 0 Å². The molecule has 0 saturated heterocycles. The quantitative estimate of drug-likeness (QED) is 0.506. The van der Waals surface area contributed by atoms with Gasteiger partial charge in [-0.25, -0.2) is 9.18 Å². The number of imidazole rings is 1. The van der Waals surface area contributed by atoms with Crippen LogP contribution in [0.5, 0.6) is 0 Å². The molecule has 30 heavy (non-hydrogen) atoms. The van der Waals surface area contributed by atoms with E-state index >= 15 is 0 Å². The maximum absolute atomic E-state index is 14.1. The zero-order valence-electron chi connectivity index (χ0n) is 16.0. The van der Waals surface area contributed by atoms with Gasteiger partial charge in [-0.1, -0.05) is 29.8 Å². The van der Waals surface area contributed by atoms with Gasteiger partial charge in [0.05, 0.1) is 6.54 Å². The highest BCUT2D eigenvalue weighted by Gasteiger charge is 2.28. The zero-order chi connectivity index (χ0) is 21.0. The average molecular weight is 426 g/mol. The van der Waals surface area contributed by atoms with Crippen LogP contribution in [-0.2, 0) is 20.1 Å². The van der Waals surface area contributed by atoms with Crippen LogP contribution in [0.15, 0.2) is 58.1 Å². The molecule has 9 heteroatoms. The number of halogens is 2. The van der Waals surface area contributed by atoms with E-state index in [0.29, 0.717) is 35.2 Å². The summed E-state index contributed by atoms with van der Waals surface area (Å²) < 4.78 is 18.3. The summed E-state index contributed by atoms with van der Waals surface area (Å²) in [5, 5.41) is 0.630. The van der Waals surface area contributed by atoms with Gasteiger partial charge in [-0.3, -0.25) is 13.9 Å². The molecule has 4 aromatic rings. The van der Waals surface area contributed by atoms with E-state index in [1.807, 2.05) is 21.6 Å². The highest BCUT2D eigenvalue weighted by molar-refractivity contribution is 6.30. The van der Waals surface area contributed by atoms with Crippen molar-refractivity contribution < 1.29 is 4.39 Å². The second-order valence-electron chi connectivity index (χ2n) is 7.19. The maximum atomic E-state index is 14.1.